The monoisotopic (exact) mass is 447 g/mol. The molecule has 0 saturated carbocycles. The molecular weight excluding hydrogens is 422 g/mol. The zero-order valence-corrected chi connectivity index (χ0v) is 19.3. The van der Waals surface area contributed by atoms with Gasteiger partial charge in [0, 0.05) is 16.6 Å². The molecule has 0 aliphatic carbocycles. The largest absolute Gasteiger partial charge is 0.494 e. The Morgan fingerprint density at radius 3 is 2.66 bits per heavy atom. The topological polar surface area (TPSA) is 73.2 Å². The first-order valence-electron chi connectivity index (χ1n) is 10.5. The summed E-state index contributed by atoms with van der Waals surface area (Å²) in [5, 5.41) is 5.40. The van der Waals surface area contributed by atoms with Gasteiger partial charge in [0.2, 0.25) is 5.91 Å². The van der Waals surface area contributed by atoms with Crippen molar-refractivity contribution in [2.24, 2.45) is 0 Å². The molecule has 0 saturated heterocycles. The van der Waals surface area contributed by atoms with E-state index in [1.54, 1.807) is 6.92 Å². The smallest absolute Gasteiger partial charge is 0.263 e. The molecule has 1 N–H and O–H groups in total. The second-order valence-electron chi connectivity index (χ2n) is 7.73. The van der Waals surface area contributed by atoms with Crippen LogP contribution in [-0.2, 0) is 4.79 Å². The van der Waals surface area contributed by atoms with Crippen molar-refractivity contribution in [3.8, 4) is 16.9 Å². The Kier molecular flexibility index (Phi) is 6.10. The third kappa shape index (κ3) is 4.16. The number of fused-ring (bicyclic) bond motifs is 1. The Labute approximate surface area is 190 Å². The lowest BCUT2D eigenvalue weighted by Crippen LogP contribution is -2.31. The lowest BCUT2D eigenvalue weighted by molar-refractivity contribution is -0.118. The first kappa shape index (κ1) is 21.8. The minimum absolute atomic E-state index is 0.233. The summed E-state index contributed by atoms with van der Waals surface area (Å²) in [6.07, 6.45) is 1.45. The van der Waals surface area contributed by atoms with Crippen LogP contribution >= 0.6 is 11.3 Å². The van der Waals surface area contributed by atoms with Crippen LogP contribution in [0.5, 0.6) is 5.75 Å². The van der Waals surface area contributed by atoms with Gasteiger partial charge in [-0.05, 0) is 62.6 Å². The molecule has 0 radical (unpaired) electrons. The molecule has 0 aliphatic rings. The van der Waals surface area contributed by atoms with Gasteiger partial charge in [-0.1, -0.05) is 24.3 Å². The molecule has 2 aromatic heterocycles. The number of ether oxygens (including phenoxy) is 1. The van der Waals surface area contributed by atoms with Crippen LogP contribution in [0.4, 0.5) is 5.69 Å². The molecule has 1 unspecified atom stereocenters. The van der Waals surface area contributed by atoms with Gasteiger partial charge in [0.25, 0.3) is 5.56 Å². The summed E-state index contributed by atoms with van der Waals surface area (Å²) < 4.78 is 6.91. The predicted molar refractivity (Wildman–Crippen MR) is 130 cm³/mol. The van der Waals surface area contributed by atoms with Gasteiger partial charge in [-0.25, -0.2) is 4.98 Å². The minimum Gasteiger partial charge on any atom is -0.494 e. The number of nitrogens with zero attached hydrogens (tertiary/aromatic N) is 2. The number of benzene rings is 2. The Hall–Kier alpha value is -3.45. The minimum atomic E-state index is -0.715. The highest BCUT2D eigenvalue weighted by atomic mass is 32.1. The summed E-state index contributed by atoms with van der Waals surface area (Å²) in [5.74, 6) is 0.517. The molecule has 1 amide bonds. The molecular formula is C25H25N3O3S. The van der Waals surface area contributed by atoms with Crippen LogP contribution in [0.25, 0.3) is 21.3 Å². The number of anilines is 1. The molecule has 7 heteroatoms. The van der Waals surface area contributed by atoms with Crippen LogP contribution in [0.3, 0.4) is 0 Å². The fraction of sp³-hybridized carbons (Fsp3) is 0.240. The average Bonchev–Trinajstić information content (AvgIpc) is 3.22. The summed E-state index contributed by atoms with van der Waals surface area (Å²) in [4.78, 5) is 31.4. The van der Waals surface area contributed by atoms with Crippen LogP contribution in [0.15, 0.2) is 59.0 Å². The van der Waals surface area contributed by atoms with E-state index in [-0.39, 0.29) is 11.5 Å². The molecule has 4 rings (SSSR count). The normalized spacial score (nSPS) is 12.0. The molecule has 2 aromatic carbocycles. The van der Waals surface area contributed by atoms with Gasteiger partial charge in [-0.15, -0.1) is 11.3 Å². The van der Waals surface area contributed by atoms with E-state index in [1.807, 2.05) is 68.6 Å². The van der Waals surface area contributed by atoms with E-state index in [2.05, 4.69) is 10.3 Å². The summed E-state index contributed by atoms with van der Waals surface area (Å²) >= 11 is 1.42. The SMILES string of the molecule is CCOc1ccc(-c2csc3ncn(C(C)C(=O)Nc4cc(C)ccc4C)c(=O)c23)cc1. The van der Waals surface area contributed by atoms with Gasteiger partial charge in [0.1, 0.15) is 16.6 Å². The number of aryl methyl sites for hydroxylation is 2. The predicted octanol–water partition coefficient (Wildman–Crippen LogP) is 5.34. The summed E-state index contributed by atoms with van der Waals surface area (Å²) in [6.45, 7) is 8.15. The van der Waals surface area contributed by atoms with E-state index in [9.17, 15) is 9.59 Å². The summed E-state index contributed by atoms with van der Waals surface area (Å²) in [5.41, 5.74) is 4.24. The van der Waals surface area contributed by atoms with Crippen LogP contribution < -0.4 is 15.6 Å². The van der Waals surface area contributed by atoms with Crippen molar-refractivity contribution in [2.45, 2.75) is 33.7 Å². The second-order valence-corrected chi connectivity index (χ2v) is 8.59. The van der Waals surface area contributed by atoms with Crippen molar-refractivity contribution in [3.63, 3.8) is 0 Å². The van der Waals surface area contributed by atoms with Crippen molar-refractivity contribution in [2.75, 3.05) is 11.9 Å². The lowest BCUT2D eigenvalue weighted by Gasteiger charge is -2.16. The standard InChI is InChI=1S/C25H25N3O3S/c1-5-31-19-10-8-18(9-11-19)20-13-32-24-22(20)25(30)28(14-26-24)17(4)23(29)27-21-12-15(2)6-7-16(21)3/h6-14,17H,5H2,1-4H3,(H,27,29). The first-order chi connectivity index (χ1) is 15.4. The molecule has 6 nitrogen and oxygen atoms in total. The van der Waals surface area contributed by atoms with Crippen LogP contribution in [0.1, 0.15) is 31.0 Å². The van der Waals surface area contributed by atoms with Crippen LogP contribution in [-0.4, -0.2) is 22.1 Å². The number of hydrogen-bond acceptors (Lipinski definition) is 5. The van der Waals surface area contributed by atoms with E-state index >= 15 is 0 Å². The molecule has 4 aromatic rings. The van der Waals surface area contributed by atoms with Crippen LogP contribution in [0, 0.1) is 13.8 Å². The van der Waals surface area contributed by atoms with Crippen molar-refractivity contribution in [1.29, 1.82) is 0 Å². The number of carbonyl (C=O) groups is 1. The lowest BCUT2D eigenvalue weighted by atomic mass is 10.1. The zero-order chi connectivity index (χ0) is 22.8. The molecule has 32 heavy (non-hydrogen) atoms. The number of hydrogen-bond donors (Lipinski definition) is 1. The van der Waals surface area contributed by atoms with E-state index in [4.69, 9.17) is 4.74 Å². The van der Waals surface area contributed by atoms with Gasteiger partial charge in [-0.3, -0.25) is 14.2 Å². The second kappa shape index (κ2) is 8.96. The maximum absolute atomic E-state index is 13.4. The molecule has 0 spiro atoms. The average molecular weight is 448 g/mol. The quantitative estimate of drug-likeness (QED) is 0.433. The zero-order valence-electron chi connectivity index (χ0n) is 18.5. The highest BCUT2D eigenvalue weighted by molar-refractivity contribution is 7.17. The van der Waals surface area contributed by atoms with Crippen LogP contribution in [0.2, 0.25) is 0 Å². The van der Waals surface area contributed by atoms with Crippen molar-refractivity contribution < 1.29 is 9.53 Å². The summed E-state index contributed by atoms with van der Waals surface area (Å²) in [6, 6.07) is 12.8. The fourth-order valence-corrected chi connectivity index (χ4v) is 4.47. The fourth-order valence-electron chi connectivity index (χ4n) is 3.57. The van der Waals surface area contributed by atoms with Gasteiger partial charge in [-0.2, -0.15) is 0 Å². The number of amides is 1. The van der Waals surface area contributed by atoms with Gasteiger partial charge in [0.15, 0.2) is 0 Å². The number of carbonyl (C=O) groups excluding carboxylic acids is 1. The van der Waals surface area contributed by atoms with Gasteiger partial charge >= 0.3 is 0 Å². The van der Waals surface area contributed by atoms with E-state index in [0.717, 1.165) is 33.7 Å². The van der Waals surface area contributed by atoms with Crippen molar-refractivity contribution in [3.05, 3.63) is 75.7 Å². The molecule has 0 aliphatic heterocycles. The third-order valence-corrected chi connectivity index (χ3v) is 6.33. The summed E-state index contributed by atoms with van der Waals surface area (Å²) in [7, 11) is 0. The highest BCUT2D eigenvalue weighted by Crippen LogP contribution is 2.32. The van der Waals surface area contributed by atoms with E-state index < -0.39 is 6.04 Å². The third-order valence-electron chi connectivity index (χ3n) is 5.44. The molecule has 0 bridgehead atoms. The number of aromatic nitrogens is 2. The Bertz CT molecular complexity index is 1340. The Balaban J connectivity index is 1.68. The molecule has 1 atom stereocenters. The maximum atomic E-state index is 13.4. The van der Waals surface area contributed by atoms with Crippen molar-refractivity contribution in [1.82, 2.24) is 9.55 Å². The number of thiophene rings is 1. The molecule has 164 valence electrons. The maximum Gasteiger partial charge on any atom is 0.263 e. The Morgan fingerprint density at radius 2 is 1.94 bits per heavy atom. The molecule has 0 fully saturated rings. The number of rotatable bonds is 6. The van der Waals surface area contributed by atoms with E-state index in [0.29, 0.717) is 16.8 Å². The first-order valence-corrected chi connectivity index (χ1v) is 11.4. The van der Waals surface area contributed by atoms with Crippen molar-refractivity contribution >= 4 is 33.1 Å². The van der Waals surface area contributed by atoms with Gasteiger partial charge < -0.3 is 10.1 Å². The Morgan fingerprint density at radius 1 is 1.19 bits per heavy atom. The molecule has 2 heterocycles. The van der Waals surface area contributed by atoms with E-state index in [1.165, 1.54) is 22.2 Å². The van der Waals surface area contributed by atoms with Gasteiger partial charge in [0.05, 0.1) is 18.3 Å². The number of nitrogens with one attached hydrogen (secondary N) is 1. The highest BCUT2D eigenvalue weighted by Gasteiger charge is 2.21.